The zero-order valence-corrected chi connectivity index (χ0v) is 7.16. The summed E-state index contributed by atoms with van der Waals surface area (Å²) in [6, 6.07) is 4.26. The van der Waals surface area contributed by atoms with E-state index in [-0.39, 0.29) is 0 Å². The van der Waals surface area contributed by atoms with E-state index in [4.69, 9.17) is 0 Å². The Morgan fingerprint density at radius 1 is 1.55 bits per heavy atom. The summed E-state index contributed by atoms with van der Waals surface area (Å²) in [6.45, 7) is 2.23. The van der Waals surface area contributed by atoms with Gasteiger partial charge in [0.1, 0.15) is 0 Å². The van der Waals surface area contributed by atoms with E-state index < -0.39 is 0 Å². The molecule has 2 heterocycles. The first kappa shape index (κ1) is 7.07. The highest BCUT2D eigenvalue weighted by Crippen LogP contribution is 2.16. The van der Waals surface area contributed by atoms with Crippen molar-refractivity contribution in [1.29, 1.82) is 0 Å². The Morgan fingerprint density at radius 3 is 3.18 bits per heavy atom. The molecule has 1 N–H and O–H groups in total. The number of rotatable bonds is 1. The number of nitrogens with one attached hydrogen (secondary N) is 1. The van der Waals surface area contributed by atoms with Gasteiger partial charge in [-0.05, 0) is 30.5 Å². The largest absolute Gasteiger partial charge is 0.313 e. The first-order valence-electron chi connectivity index (χ1n) is 3.89. The van der Waals surface area contributed by atoms with Crippen molar-refractivity contribution in [2.75, 3.05) is 13.1 Å². The molecule has 0 aliphatic carbocycles. The van der Waals surface area contributed by atoms with Crippen LogP contribution in [0.4, 0.5) is 0 Å². The van der Waals surface area contributed by atoms with Crippen LogP contribution in [0.25, 0.3) is 6.08 Å². The molecule has 0 spiro atoms. The van der Waals surface area contributed by atoms with Crippen LogP contribution in [-0.2, 0) is 0 Å². The van der Waals surface area contributed by atoms with Gasteiger partial charge in [0.25, 0.3) is 0 Å². The first-order valence-corrected chi connectivity index (χ1v) is 4.77. The smallest absolute Gasteiger partial charge is 0.0270 e. The fourth-order valence-electron chi connectivity index (χ4n) is 1.28. The van der Waals surface area contributed by atoms with Crippen LogP contribution in [0.2, 0.25) is 0 Å². The number of thiophene rings is 1. The average Bonchev–Trinajstić information content (AvgIpc) is 2.60. The van der Waals surface area contributed by atoms with Gasteiger partial charge in [-0.25, -0.2) is 0 Å². The van der Waals surface area contributed by atoms with Gasteiger partial charge in [-0.3, -0.25) is 0 Å². The summed E-state index contributed by atoms with van der Waals surface area (Å²) in [7, 11) is 0. The lowest BCUT2D eigenvalue weighted by molar-refractivity contribution is 0.862. The van der Waals surface area contributed by atoms with Gasteiger partial charge in [0.15, 0.2) is 0 Å². The van der Waals surface area contributed by atoms with Crippen LogP contribution < -0.4 is 5.32 Å². The minimum absolute atomic E-state index is 1.08. The topological polar surface area (TPSA) is 12.0 Å². The van der Waals surface area contributed by atoms with E-state index in [0.717, 1.165) is 13.1 Å². The van der Waals surface area contributed by atoms with Crippen molar-refractivity contribution >= 4 is 17.4 Å². The molecule has 1 aliphatic heterocycles. The van der Waals surface area contributed by atoms with Crippen molar-refractivity contribution in [2.24, 2.45) is 0 Å². The lowest BCUT2D eigenvalue weighted by Crippen LogP contribution is -2.04. The predicted molar refractivity (Wildman–Crippen MR) is 49.8 cm³/mol. The SMILES string of the molecule is C(=C1\CCNC1)/c1cccs1. The number of hydrogen-bond acceptors (Lipinski definition) is 2. The van der Waals surface area contributed by atoms with Gasteiger partial charge >= 0.3 is 0 Å². The lowest BCUT2D eigenvalue weighted by Gasteiger charge is -1.90. The molecule has 11 heavy (non-hydrogen) atoms. The second-order valence-electron chi connectivity index (χ2n) is 2.74. The molecule has 1 saturated heterocycles. The summed E-state index contributed by atoms with van der Waals surface area (Å²) >= 11 is 1.81. The van der Waals surface area contributed by atoms with Crippen LogP contribution in [0.15, 0.2) is 23.1 Å². The molecule has 0 bridgehead atoms. The zero-order chi connectivity index (χ0) is 7.52. The van der Waals surface area contributed by atoms with Crippen molar-refractivity contribution < 1.29 is 0 Å². The Labute approximate surface area is 70.8 Å². The van der Waals surface area contributed by atoms with Gasteiger partial charge in [0, 0.05) is 11.4 Å². The lowest BCUT2D eigenvalue weighted by atomic mass is 10.2. The Hall–Kier alpha value is -0.600. The summed E-state index contributed by atoms with van der Waals surface area (Å²) in [4.78, 5) is 1.38. The highest BCUT2D eigenvalue weighted by molar-refractivity contribution is 7.10. The first-order chi connectivity index (χ1) is 5.45. The molecular weight excluding hydrogens is 154 g/mol. The molecule has 1 fully saturated rings. The second kappa shape index (κ2) is 3.20. The maximum absolute atomic E-state index is 3.32. The van der Waals surface area contributed by atoms with Crippen LogP contribution in [0.5, 0.6) is 0 Å². The predicted octanol–water partition coefficient (Wildman–Crippen LogP) is 2.12. The summed E-state index contributed by atoms with van der Waals surface area (Å²) in [6.07, 6.45) is 3.52. The van der Waals surface area contributed by atoms with Gasteiger partial charge in [0.05, 0.1) is 0 Å². The molecule has 0 radical (unpaired) electrons. The summed E-state index contributed by atoms with van der Waals surface area (Å²) in [5.74, 6) is 0. The summed E-state index contributed by atoms with van der Waals surface area (Å²) in [5.41, 5.74) is 1.53. The maximum atomic E-state index is 3.32. The highest BCUT2D eigenvalue weighted by atomic mass is 32.1. The van der Waals surface area contributed by atoms with Crippen LogP contribution in [0.3, 0.4) is 0 Å². The average molecular weight is 165 g/mol. The van der Waals surface area contributed by atoms with Crippen LogP contribution in [0, 0.1) is 0 Å². The fourth-order valence-corrected chi connectivity index (χ4v) is 1.99. The normalized spacial score (nSPS) is 21.3. The van der Waals surface area contributed by atoms with Crippen molar-refractivity contribution in [3.63, 3.8) is 0 Å². The van der Waals surface area contributed by atoms with E-state index >= 15 is 0 Å². The van der Waals surface area contributed by atoms with Crippen molar-refractivity contribution in [2.45, 2.75) is 6.42 Å². The molecule has 1 aromatic heterocycles. The van der Waals surface area contributed by atoms with E-state index in [9.17, 15) is 0 Å². The molecule has 0 atom stereocenters. The molecule has 2 rings (SSSR count). The number of hydrogen-bond donors (Lipinski definition) is 1. The van der Waals surface area contributed by atoms with E-state index in [1.165, 1.54) is 16.9 Å². The third kappa shape index (κ3) is 1.70. The van der Waals surface area contributed by atoms with Crippen molar-refractivity contribution in [3.8, 4) is 0 Å². The van der Waals surface area contributed by atoms with Gasteiger partial charge in [-0.15, -0.1) is 11.3 Å². The Morgan fingerprint density at radius 2 is 2.55 bits per heavy atom. The summed E-state index contributed by atoms with van der Waals surface area (Å²) in [5, 5.41) is 5.44. The highest BCUT2D eigenvalue weighted by Gasteiger charge is 2.04. The standard InChI is InChI=1S/C9H11NS/c1-2-9(11-5-1)6-8-3-4-10-7-8/h1-2,5-6,10H,3-4,7H2/b8-6-. The fraction of sp³-hybridized carbons (Fsp3) is 0.333. The van der Waals surface area contributed by atoms with Crippen LogP contribution >= 0.6 is 11.3 Å². The molecule has 0 aromatic carbocycles. The van der Waals surface area contributed by atoms with Crippen LogP contribution in [0.1, 0.15) is 11.3 Å². The van der Waals surface area contributed by atoms with E-state index in [1.54, 1.807) is 11.3 Å². The zero-order valence-electron chi connectivity index (χ0n) is 6.34. The molecule has 0 unspecified atom stereocenters. The van der Waals surface area contributed by atoms with E-state index in [1.807, 2.05) is 0 Å². The Kier molecular flexibility index (Phi) is 2.06. The molecule has 1 aliphatic rings. The Balaban J connectivity index is 2.13. The van der Waals surface area contributed by atoms with Crippen molar-refractivity contribution in [1.82, 2.24) is 5.32 Å². The molecule has 0 saturated carbocycles. The quantitative estimate of drug-likeness (QED) is 0.672. The van der Waals surface area contributed by atoms with Gasteiger partial charge in [-0.2, -0.15) is 0 Å². The molecule has 1 aromatic rings. The Bertz CT molecular complexity index is 241. The third-order valence-electron chi connectivity index (χ3n) is 1.86. The minimum Gasteiger partial charge on any atom is -0.313 e. The monoisotopic (exact) mass is 165 g/mol. The molecule has 0 amide bonds. The van der Waals surface area contributed by atoms with Gasteiger partial charge in [0.2, 0.25) is 0 Å². The molecule has 2 heteroatoms. The second-order valence-corrected chi connectivity index (χ2v) is 3.72. The molecular formula is C9H11NS. The molecule has 1 nitrogen and oxygen atoms in total. The summed E-state index contributed by atoms with van der Waals surface area (Å²) < 4.78 is 0. The maximum Gasteiger partial charge on any atom is 0.0270 e. The van der Waals surface area contributed by atoms with E-state index in [0.29, 0.717) is 0 Å². The molecule has 58 valence electrons. The third-order valence-corrected chi connectivity index (χ3v) is 2.68. The van der Waals surface area contributed by atoms with Crippen molar-refractivity contribution in [3.05, 3.63) is 28.0 Å². The van der Waals surface area contributed by atoms with Crippen LogP contribution in [-0.4, -0.2) is 13.1 Å². The minimum atomic E-state index is 1.08. The van der Waals surface area contributed by atoms with E-state index in [2.05, 4.69) is 28.9 Å². The van der Waals surface area contributed by atoms with Gasteiger partial charge < -0.3 is 5.32 Å². The van der Waals surface area contributed by atoms with Gasteiger partial charge in [-0.1, -0.05) is 11.6 Å².